The van der Waals surface area contributed by atoms with Crippen molar-refractivity contribution in [3.8, 4) is 0 Å². The number of esters is 1. The monoisotopic (exact) mass is 556 g/mol. The van der Waals surface area contributed by atoms with Crippen LogP contribution in [0.5, 0.6) is 0 Å². The zero-order valence-corrected chi connectivity index (χ0v) is 21.4. The number of rotatable bonds is 7. The number of carbonyl (C=O) groups is 2. The quantitative estimate of drug-likeness (QED) is 0.427. The Morgan fingerprint density at radius 1 is 1.08 bits per heavy atom. The van der Waals surface area contributed by atoms with Gasteiger partial charge in [-0.05, 0) is 35.9 Å². The molecular weight excluding hydrogens is 533 g/mol. The standard InChI is InChI=1S/C23H23F3N4O7S/c1-28(38(35,36)15-8-9-17-16(11-15)20(32)30(3)22(34)29(17)2)12-18(31)27-19(21(33)37-4)13-6-5-7-14(10-13)23(24,25)26/h5-11,19H,12H2,1-4H3,(H,27,31). The van der Waals surface area contributed by atoms with Gasteiger partial charge in [0, 0.05) is 21.1 Å². The van der Waals surface area contributed by atoms with E-state index in [-0.39, 0.29) is 21.4 Å². The number of sulfonamides is 1. The topological polar surface area (TPSA) is 137 Å². The molecule has 3 rings (SSSR count). The van der Waals surface area contributed by atoms with Crippen molar-refractivity contribution in [3.63, 3.8) is 0 Å². The second-order valence-corrected chi connectivity index (χ2v) is 10.3. The largest absolute Gasteiger partial charge is 0.467 e. The van der Waals surface area contributed by atoms with Crippen LogP contribution in [0.3, 0.4) is 0 Å². The van der Waals surface area contributed by atoms with E-state index < -0.39 is 57.5 Å². The van der Waals surface area contributed by atoms with Gasteiger partial charge in [0.1, 0.15) is 0 Å². The molecule has 1 atom stereocenters. The summed E-state index contributed by atoms with van der Waals surface area (Å²) in [6.45, 7) is -0.821. The Morgan fingerprint density at radius 2 is 1.74 bits per heavy atom. The normalized spacial score (nSPS) is 12.9. The highest BCUT2D eigenvalue weighted by Crippen LogP contribution is 2.31. The highest BCUT2D eigenvalue weighted by atomic mass is 32.2. The lowest BCUT2D eigenvalue weighted by Gasteiger charge is -2.21. The third-order valence-corrected chi connectivity index (χ3v) is 7.60. The predicted octanol–water partition coefficient (Wildman–Crippen LogP) is 0.907. The predicted molar refractivity (Wildman–Crippen MR) is 129 cm³/mol. The van der Waals surface area contributed by atoms with Crippen molar-refractivity contribution in [2.75, 3.05) is 20.7 Å². The number of nitrogens with one attached hydrogen (secondary N) is 1. The van der Waals surface area contributed by atoms with E-state index in [0.717, 1.165) is 43.0 Å². The summed E-state index contributed by atoms with van der Waals surface area (Å²) in [5.74, 6) is -2.08. The van der Waals surface area contributed by atoms with E-state index in [1.165, 1.54) is 30.8 Å². The number of benzene rings is 2. The van der Waals surface area contributed by atoms with Crippen molar-refractivity contribution in [1.29, 1.82) is 0 Å². The highest BCUT2D eigenvalue weighted by Gasteiger charge is 2.33. The molecule has 0 radical (unpaired) electrons. The first kappa shape index (κ1) is 28.6. The minimum atomic E-state index is -4.71. The Labute approximate surface area is 214 Å². The Hall–Kier alpha value is -3.98. The maximum Gasteiger partial charge on any atom is 0.416 e. The molecule has 2 aromatic carbocycles. The van der Waals surface area contributed by atoms with Crippen LogP contribution in [0.15, 0.2) is 56.9 Å². The van der Waals surface area contributed by atoms with Gasteiger partial charge < -0.3 is 10.1 Å². The second kappa shape index (κ2) is 10.4. The smallest absolute Gasteiger partial charge is 0.416 e. The summed E-state index contributed by atoms with van der Waals surface area (Å²) >= 11 is 0. The molecule has 0 bridgehead atoms. The van der Waals surface area contributed by atoms with Crippen molar-refractivity contribution in [2.24, 2.45) is 14.1 Å². The third kappa shape index (κ3) is 5.47. The van der Waals surface area contributed by atoms with Gasteiger partial charge in [-0.15, -0.1) is 0 Å². The Bertz CT molecular complexity index is 1650. The number of methoxy groups -OCH3 is 1. The van der Waals surface area contributed by atoms with Gasteiger partial charge in [-0.25, -0.2) is 18.0 Å². The number of likely N-dealkylation sites (N-methyl/N-ethyl adjacent to an activating group) is 1. The van der Waals surface area contributed by atoms with Crippen molar-refractivity contribution in [3.05, 3.63) is 74.4 Å². The lowest BCUT2D eigenvalue weighted by atomic mass is 10.0. The van der Waals surface area contributed by atoms with Crippen molar-refractivity contribution >= 4 is 32.8 Å². The third-order valence-electron chi connectivity index (χ3n) is 5.80. The molecule has 204 valence electrons. The molecule has 38 heavy (non-hydrogen) atoms. The number of aromatic nitrogens is 2. The summed E-state index contributed by atoms with van der Waals surface area (Å²) in [5.41, 5.74) is -2.41. The SMILES string of the molecule is COC(=O)C(NC(=O)CN(C)S(=O)(=O)c1ccc2c(c1)c(=O)n(C)c(=O)n2C)c1cccc(C(F)(F)F)c1. The number of carbonyl (C=O) groups excluding carboxylic acids is 2. The van der Waals surface area contributed by atoms with E-state index in [9.17, 15) is 40.8 Å². The molecule has 0 aliphatic heterocycles. The number of amides is 1. The molecule has 0 fully saturated rings. The summed E-state index contributed by atoms with van der Waals surface area (Å²) in [6, 6.07) is 5.55. The van der Waals surface area contributed by atoms with Crippen LogP contribution >= 0.6 is 0 Å². The molecule has 1 heterocycles. The molecule has 1 amide bonds. The fourth-order valence-corrected chi connectivity index (χ4v) is 4.85. The molecule has 1 aromatic heterocycles. The van der Waals surface area contributed by atoms with E-state index in [0.29, 0.717) is 10.4 Å². The van der Waals surface area contributed by atoms with Crippen molar-refractivity contribution < 1.29 is 35.9 Å². The van der Waals surface area contributed by atoms with E-state index >= 15 is 0 Å². The molecule has 11 nitrogen and oxygen atoms in total. The van der Waals surface area contributed by atoms with E-state index in [1.54, 1.807) is 0 Å². The average Bonchev–Trinajstić information content (AvgIpc) is 2.87. The molecule has 1 N–H and O–H groups in total. The van der Waals surface area contributed by atoms with Crippen molar-refractivity contribution in [1.82, 2.24) is 18.8 Å². The van der Waals surface area contributed by atoms with Gasteiger partial charge in [-0.1, -0.05) is 12.1 Å². The second-order valence-electron chi connectivity index (χ2n) is 8.29. The van der Waals surface area contributed by atoms with Crippen LogP contribution in [0.4, 0.5) is 13.2 Å². The maximum atomic E-state index is 13.1. The summed E-state index contributed by atoms with van der Waals surface area (Å²) in [6.07, 6.45) is -4.71. The first-order valence-corrected chi connectivity index (χ1v) is 12.2. The van der Waals surface area contributed by atoms with Gasteiger partial charge in [0.25, 0.3) is 5.56 Å². The number of hydrogen-bond donors (Lipinski definition) is 1. The van der Waals surface area contributed by atoms with Gasteiger partial charge in [0.2, 0.25) is 15.9 Å². The lowest BCUT2D eigenvalue weighted by Crippen LogP contribution is -2.42. The first-order chi connectivity index (χ1) is 17.6. The van der Waals surface area contributed by atoms with Crippen molar-refractivity contribution in [2.45, 2.75) is 17.1 Å². The molecular formula is C23H23F3N4O7S. The molecule has 0 spiro atoms. The van der Waals surface area contributed by atoms with Gasteiger partial charge >= 0.3 is 17.8 Å². The number of nitrogens with zero attached hydrogens (tertiary/aromatic N) is 3. The van der Waals surface area contributed by atoms with Crippen LogP contribution in [0.1, 0.15) is 17.2 Å². The number of ether oxygens (including phenoxy) is 1. The number of fused-ring (bicyclic) bond motifs is 1. The Kier molecular flexibility index (Phi) is 7.83. The summed E-state index contributed by atoms with van der Waals surface area (Å²) < 4.78 is 72.8. The van der Waals surface area contributed by atoms with Gasteiger partial charge in [0.15, 0.2) is 6.04 Å². The van der Waals surface area contributed by atoms with E-state index in [1.807, 2.05) is 0 Å². The highest BCUT2D eigenvalue weighted by molar-refractivity contribution is 7.89. The zero-order chi connectivity index (χ0) is 28.6. The maximum absolute atomic E-state index is 13.1. The number of halogens is 3. The van der Waals surface area contributed by atoms with Gasteiger partial charge in [-0.2, -0.15) is 17.5 Å². The van der Waals surface area contributed by atoms with Crippen LogP contribution in [-0.2, 0) is 44.6 Å². The minimum absolute atomic E-state index is 0.0520. The summed E-state index contributed by atoms with van der Waals surface area (Å²) in [5, 5.41) is 2.15. The van der Waals surface area contributed by atoms with Crippen LogP contribution < -0.4 is 16.6 Å². The van der Waals surface area contributed by atoms with Crippen LogP contribution in [0, 0.1) is 0 Å². The fraction of sp³-hybridized carbons (Fsp3) is 0.304. The minimum Gasteiger partial charge on any atom is -0.467 e. The number of hydrogen-bond acceptors (Lipinski definition) is 7. The number of alkyl halides is 3. The first-order valence-electron chi connectivity index (χ1n) is 10.8. The van der Waals surface area contributed by atoms with E-state index in [4.69, 9.17) is 0 Å². The molecule has 1 unspecified atom stereocenters. The molecule has 0 aliphatic carbocycles. The molecule has 15 heteroatoms. The zero-order valence-electron chi connectivity index (χ0n) is 20.6. The molecule has 0 aliphatic rings. The molecule has 0 saturated carbocycles. The van der Waals surface area contributed by atoms with Crippen LogP contribution in [-0.4, -0.2) is 54.4 Å². The van der Waals surface area contributed by atoms with Crippen LogP contribution in [0.2, 0.25) is 0 Å². The van der Waals surface area contributed by atoms with Gasteiger partial charge in [0.05, 0.1) is 35.0 Å². The Balaban J connectivity index is 1.89. The van der Waals surface area contributed by atoms with Crippen LogP contribution in [0.25, 0.3) is 10.9 Å². The summed E-state index contributed by atoms with van der Waals surface area (Å²) in [7, 11) is 0.338. The Morgan fingerprint density at radius 3 is 2.34 bits per heavy atom. The molecule has 3 aromatic rings. The fourth-order valence-electron chi connectivity index (χ4n) is 3.70. The van der Waals surface area contributed by atoms with Gasteiger partial charge in [-0.3, -0.25) is 18.7 Å². The summed E-state index contributed by atoms with van der Waals surface area (Å²) in [4.78, 5) is 49.2. The average molecular weight is 557 g/mol. The van der Waals surface area contributed by atoms with E-state index in [2.05, 4.69) is 10.1 Å². The number of aryl methyl sites for hydroxylation is 1. The molecule has 0 saturated heterocycles. The lowest BCUT2D eigenvalue weighted by molar-refractivity contribution is -0.145.